The Kier molecular flexibility index (Phi) is 5.07. The Morgan fingerprint density at radius 2 is 2.11 bits per heavy atom. The lowest BCUT2D eigenvalue weighted by molar-refractivity contribution is 0.499. The smallest absolute Gasteiger partial charge is 0.243 e. The minimum absolute atomic E-state index is 0.303. The molecule has 0 aliphatic rings. The average Bonchev–Trinajstić information content (AvgIpc) is 2.32. The quantitative estimate of drug-likeness (QED) is 0.796. The fraction of sp³-hybridized carbons (Fsp3) is 0.385. The lowest BCUT2D eigenvalue weighted by atomic mass is 10.1. The molecule has 0 saturated carbocycles. The first kappa shape index (κ1) is 14.9. The molecule has 0 aromatic heterocycles. The number of rotatable bonds is 6. The maximum atomic E-state index is 12.2. The molecule has 0 unspecified atom stereocenters. The van der Waals surface area contributed by atoms with Crippen LogP contribution < -0.4 is 5.32 Å². The molecule has 0 fully saturated rings. The summed E-state index contributed by atoms with van der Waals surface area (Å²) in [6, 6.07) is 5.20. The van der Waals surface area contributed by atoms with E-state index in [9.17, 15) is 8.42 Å². The molecule has 0 spiro atoms. The van der Waals surface area contributed by atoms with E-state index in [-0.39, 0.29) is 0 Å². The molecule has 4 nitrogen and oxygen atoms in total. The van der Waals surface area contributed by atoms with Crippen LogP contribution in [0, 0.1) is 6.92 Å². The molecule has 1 N–H and O–H groups in total. The van der Waals surface area contributed by atoms with Crippen LogP contribution in [0.25, 0.3) is 0 Å². The number of likely N-dealkylation sites (N-methyl/N-ethyl adjacent to an activating group) is 1. The zero-order valence-corrected chi connectivity index (χ0v) is 11.9. The average molecular weight is 268 g/mol. The van der Waals surface area contributed by atoms with Gasteiger partial charge in [-0.1, -0.05) is 12.1 Å². The van der Waals surface area contributed by atoms with Gasteiger partial charge in [0.25, 0.3) is 0 Å². The number of hydrogen-bond acceptors (Lipinski definition) is 3. The van der Waals surface area contributed by atoms with Gasteiger partial charge >= 0.3 is 0 Å². The third-order valence-corrected chi connectivity index (χ3v) is 4.60. The largest absolute Gasteiger partial charge is 0.316 e. The molecule has 18 heavy (non-hydrogen) atoms. The third kappa shape index (κ3) is 3.19. The lowest BCUT2D eigenvalue weighted by Gasteiger charge is -2.16. The first-order valence-electron chi connectivity index (χ1n) is 5.75. The van der Waals surface area contributed by atoms with Gasteiger partial charge in [0.05, 0.1) is 4.90 Å². The predicted octanol–water partition coefficient (Wildman–Crippen LogP) is 1.52. The summed E-state index contributed by atoms with van der Waals surface area (Å²) in [5.41, 5.74) is 2.07. The van der Waals surface area contributed by atoms with E-state index in [0.29, 0.717) is 18.0 Å². The molecule has 1 aromatic carbocycles. The Balaban J connectivity index is 3.17. The van der Waals surface area contributed by atoms with Gasteiger partial charge in [-0.05, 0) is 37.2 Å². The van der Waals surface area contributed by atoms with Crippen LogP contribution in [0.2, 0.25) is 0 Å². The van der Waals surface area contributed by atoms with Crippen molar-refractivity contribution in [3.8, 4) is 0 Å². The Labute approximate surface area is 109 Å². The van der Waals surface area contributed by atoms with Crippen molar-refractivity contribution in [2.24, 2.45) is 0 Å². The Morgan fingerprint density at radius 3 is 2.67 bits per heavy atom. The van der Waals surface area contributed by atoms with Gasteiger partial charge < -0.3 is 5.32 Å². The summed E-state index contributed by atoms with van der Waals surface area (Å²) in [6.07, 6.45) is 1.57. The third-order valence-electron chi connectivity index (χ3n) is 2.78. The van der Waals surface area contributed by atoms with Gasteiger partial charge in [0.2, 0.25) is 10.0 Å². The highest BCUT2D eigenvalue weighted by atomic mass is 32.2. The van der Waals surface area contributed by atoms with Crippen LogP contribution in [0.4, 0.5) is 0 Å². The van der Waals surface area contributed by atoms with Crippen LogP contribution in [0.15, 0.2) is 35.7 Å². The second-order valence-electron chi connectivity index (χ2n) is 4.19. The molecule has 0 bridgehead atoms. The van der Waals surface area contributed by atoms with Crippen molar-refractivity contribution in [2.75, 3.05) is 20.6 Å². The van der Waals surface area contributed by atoms with Crippen molar-refractivity contribution in [1.82, 2.24) is 9.62 Å². The molecule has 0 atom stereocenters. The van der Waals surface area contributed by atoms with Crippen molar-refractivity contribution in [2.45, 2.75) is 18.4 Å². The molecule has 0 aliphatic heterocycles. The minimum Gasteiger partial charge on any atom is -0.316 e. The highest BCUT2D eigenvalue weighted by Crippen LogP contribution is 2.18. The first-order chi connectivity index (χ1) is 8.43. The molecule has 0 amide bonds. The Morgan fingerprint density at radius 1 is 1.44 bits per heavy atom. The molecular weight excluding hydrogens is 248 g/mol. The van der Waals surface area contributed by atoms with Crippen molar-refractivity contribution in [3.05, 3.63) is 42.0 Å². The van der Waals surface area contributed by atoms with Gasteiger partial charge in [0, 0.05) is 20.1 Å². The van der Waals surface area contributed by atoms with Crippen LogP contribution >= 0.6 is 0 Å². The lowest BCUT2D eigenvalue weighted by Crippen LogP contribution is -2.27. The van der Waals surface area contributed by atoms with Gasteiger partial charge in [0.1, 0.15) is 0 Å². The minimum atomic E-state index is -3.42. The van der Waals surface area contributed by atoms with E-state index in [0.717, 1.165) is 11.1 Å². The molecule has 0 saturated heterocycles. The van der Waals surface area contributed by atoms with Gasteiger partial charge in [-0.25, -0.2) is 8.42 Å². The summed E-state index contributed by atoms with van der Waals surface area (Å²) < 4.78 is 25.8. The maximum absolute atomic E-state index is 12.2. The number of nitrogens with zero attached hydrogens (tertiary/aromatic N) is 1. The normalized spacial score (nSPS) is 11.8. The monoisotopic (exact) mass is 268 g/mol. The molecule has 1 aromatic rings. The Bertz CT molecular complexity index is 524. The second-order valence-corrected chi connectivity index (χ2v) is 6.24. The Hall–Kier alpha value is -1.17. The van der Waals surface area contributed by atoms with Gasteiger partial charge in [-0.2, -0.15) is 4.31 Å². The second kappa shape index (κ2) is 6.13. The summed E-state index contributed by atoms with van der Waals surface area (Å²) >= 11 is 0. The number of benzene rings is 1. The number of nitrogens with one attached hydrogen (secondary N) is 1. The highest BCUT2D eigenvalue weighted by molar-refractivity contribution is 7.89. The van der Waals surface area contributed by atoms with Gasteiger partial charge in [0.15, 0.2) is 0 Å². The van der Waals surface area contributed by atoms with E-state index >= 15 is 0 Å². The zero-order valence-electron chi connectivity index (χ0n) is 11.1. The molecule has 0 aliphatic carbocycles. The number of aryl methyl sites for hydroxylation is 1. The molecule has 5 heteroatoms. The van der Waals surface area contributed by atoms with Gasteiger partial charge in [-0.15, -0.1) is 6.58 Å². The fourth-order valence-electron chi connectivity index (χ4n) is 1.65. The summed E-state index contributed by atoms with van der Waals surface area (Å²) in [7, 11) is -0.0364. The van der Waals surface area contributed by atoms with E-state index in [4.69, 9.17) is 0 Å². The van der Waals surface area contributed by atoms with Crippen molar-refractivity contribution in [1.29, 1.82) is 0 Å². The molecule has 100 valence electrons. The molecule has 0 heterocycles. The van der Waals surface area contributed by atoms with E-state index in [1.807, 2.05) is 20.0 Å². The number of hydrogen-bond donors (Lipinski definition) is 1. The van der Waals surface area contributed by atoms with Crippen LogP contribution in [-0.4, -0.2) is 33.4 Å². The van der Waals surface area contributed by atoms with E-state index in [1.165, 1.54) is 4.31 Å². The topological polar surface area (TPSA) is 49.4 Å². The highest BCUT2D eigenvalue weighted by Gasteiger charge is 2.20. The van der Waals surface area contributed by atoms with Gasteiger partial charge in [-0.3, -0.25) is 0 Å². The number of sulfonamides is 1. The maximum Gasteiger partial charge on any atom is 0.243 e. The zero-order chi connectivity index (χ0) is 13.8. The summed E-state index contributed by atoms with van der Waals surface area (Å²) in [6.45, 7) is 6.48. The summed E-state index contributed by atoms with van der Waals surface area (Å²) in [5.74, 6) is 0. The van der Waals surface area contributed by atoms with E-state index < -0.39 is 10.0 Å². The van der Waals surface area contributed by atoms with Crippen molar-refractivity contribution >= 4 is 10.0 Å². The van der Waals surface area contributed by atoms with Crippen molar-refractivity contribution in [3.63, 3.8) is 0 Å². The fourth-order valence-corrected chi connectivity index (χ4v) is 2.84. The molecule has 1 rings (SSSR count). The first-order valence-corrected chi connectivity index (χ1v) is 7.19. The van der Waals surface area contributed by atoms with Crippen LogP contribution in [0.3, 0.4) is 0 Å². The van der Waals surface area contributed by atoms with Crippen LogP contribution in [-0.2, 0) is 16.6 Å². The van der Waals surface area contributed by atoms with E-state index in [1.54, 1.807) is 25.3 Å². The van der Waals surface area contributed by atoms with Crippen molar-refractivity contribution < 1.29 is 8.42 Å². The summed E-state index contributed by atoms with van der Waals surface area (Å²) in [5, 5.41) is 3.03. The van der Waals surface area contributed by atoms with Crippen LogP contribution in [0.5, 0.6) is 0 Å². The summed E-state index contributed by atoms with van der Waals surface area (Å²) in [4.78, 5) is 0.322. The SMILES string of the molecule is C=CCN(C)S(=O)(=O)c1ccc(C)c(CNC)c1. The molecule has 0 radical (unpaired) electrons. The standard InChI is InChI=1S/C13H20N2O2S/c1-5-8-15(4)18(16,17)13-7-6-11(2)12(9-13)10-14-3/h5-7,9,14H,1,8,10H2,2-4H3. The predicted molar refractivity (Wildman–Crippen MR) is 74.0 cm³/mol. The van der Waals surface area contributed by atoms with E-state index in [2.05, 4.69) is 11.9 Å². The molecular formula is C13H20N2O2S. The van der Waals surface area contributed by atoms with Crippen LogP contribution in [0.1, 0.15) is 11.1 Å².